The number of anilines is 1. The van der Waals surface area contributed by atoms with Crippen molar-refractivity contribution in [3.05, 3.63) is 29.3 Å². The summed E-state index contributed by atoms with van der Waals surface area (Å²) in [5.74, 6) is 0.0172. The summed E-state index contributed by atoms with van der Waals surface area (Å²) < 4.78 is 0. The predicted octanol–water partition coefficient (Wildman–Crippen LogP) is 1.78. The molecule has 1 aromatic rings. The molecule has 0 aliphatic heterocycles. The minimum Gasteiger partial charge on any atom is -0.399 e. The molecule has 0 atom stereocenters. The van der Waals surface area contributed by atoms with Gasteiger partial charge in [-0.05, 0) is 42.3 Å². The van der Waals surface area contributed by atoms with Gasteiger partial charge in [0.2, 0.25) is 0 Å². The van der Waals surface area contributed by atoms with Crippen molar-refractivity contribution in [3.63, 3.8) is 0 Å². The molecule has 0 saturated heterocycles. The molecule has 0 aliphatic rings. The Balaban J connectivity index is 3.07. The van der Waals surface area contributed by atoms with Gasteiger partial charge in [-0.1, -0.05) is 0 Å². The van der Waals surface area contributed by atoms with Crippen LogP contribution in [0.3, 0.4) is 0 Å². The average molecular weight is 212 g/mol. The van der Waals surface area contributed by atoms with E-state index < -0.39 is 5.24 Å². The second-order valence-corrected chi connectivity index (χ2v) is 3.46. The second-order valence-electron chi connectivity index (χ2n) is 3.12. The molecule has 0 saturated carbocycles. The van der Waals surface area contributed by atoms with Gasteiger partial charge in [0.25, 0.3) is 5.24 Å². The highest BCUT2D eigenvalue weighted by molar-refractivity contribution is 6.67. The Morgan fingerprint density at radius 3 is 2.50 bits per heavy atom. The molecule has 0 amide bonds. The van der Waals surface area contributed by atoms with Crippen molar-refractivity contribution in [2.45, 2.75) is 13.3 Å². The number of rotatable bonds is 3. The van der Waals surface area contributed by atoms with Crippen LogP contribution in [0.2, 0.25) is 0 Å². The highest BCUT2D eigenvalue weighted by Crippen LogP contribution is 2.14. The van der Waals surface area contributed by atoms with Gasteiger partial charge in [0.05, 0.1) is 0 Å². The first-order valence-electron chi connectivity index (χ1n) is 4.08. The van der Waals surface area contributed by atoms with Crippen molar-refractivity contribution in [2.75, 3.05) is 5.73 Å². The third-order valence-electron chi connectivity index (χ3n) is 1.70. The molecule has 0 spiro atoms. The quantitative estimate of drug-likeness (QED) is 0.613. The van der Waals surface area contributed by atoms with E-state index in [0.717, 1.165) is 0 Å². The predicted molar refractivity (Wildman–Crippen MR) is 55.4 cm³/mol. The molecular weight excluding hydrogens is 202 g/mol. The van der Waals surface area contributed by atoms with E-state index in [-0.39, 0.29) is 12.2 Å². The number of Topliss-reactive ketones (excluding diaryl/α,β-unsaturated/α-hetero) is 1. The Bertz CT molecular complexity index is 388. The molecular formula is C10H10ClNO2. The fraction of sp³-hybridized carbons (Fsp3) is 0.200. The van der Waals surface area contributed by atoms with Crippen molar-refractivity contribution in [3.8, 4) is 0 Å². The maximum atomic E-state index is 10.9. The summed E-state index contributed by atoms with van der Waals surface area (Å²) in [4.78, 5) is 21.7. The van der Waals surface area contributed by atoms with Crippen LogP contribution in [-0.4, -0.2) is 11.0 Å². The molecule has 0 fully saturated rings. The minimum absolute atomic E-state index is 0.0172. The first kappa shape index (κ1) is 10.7. The van der Waals surface area contributed by atoms with Crippen molar-refractivity contribution >= 4 is 28.3 Å². The fourth-order valence-electron chi connectivity index (χ4n) is 1.22. The number of carbonyl (C=O) groups is 2. The minimum atomic E-state index is -0.567. The lowest BCUT2D eigenvalue weighted by molar-refractivity contribution is -0.116. The lowest BCUT2D eigenvalue weighted by Gasteiger charge is -2.02. The van der Waals surface area contributed by atoms with Gasteiger partial charge >= 0.3 is 0 Å². The number of nitrogens with two attached hydrogens (primary N) is 1. The summed E-state index contributed by atoms with van der Waals surface area (Å²) in [5.41, 5.74) is 7.02. The first-order valence-corrected chi connectivity index (χ1v) is 4.45. The van der Waals surface area contributed by atoms with Crippen LogP contribution < -0.4 is 5.73 Å². The lowest BCUT2D eigenvalue weighted by Crippen LogP contribution is -2.00. The van der Waals surface area contributed by atoms with E-state index in [9.17, 15) is 9.59 Å². The van der Waals surface area contributed by atoms with E-state index >= 15 is 0 Å². The van der Waals surface area contributed by atoms with Crippen LogP contribution in [0.5, 0.6) is 0 Å². The number of halogens is 1. The van der Waals surface area contributed by atoms with Gasteiger partial charge in [0.15, 0.2) is 0 Å². The molecule has 0 aliphatic carbocycles. The molecule has 2 N–H and O–H groups in total. The summed E-state index contributed by atoms with van der Waals surface area (Å²) in [7, 11) is 0. The topological polar surface area (TPSA) is 60.2 Å². The van der Waals surface area contributed by atoms with Crippen LogP contribution in [0.25, 0.3) is 0 Å². The number of hydrogen-bond acceptors (Lipinski definition) is 3. The van der Waals surface area contributed by atoms with E-state index in [4.69, 9.17) is 17.3 Å². The van der Waals surface area contributed by atoms with Crippen LogP contribution >= 0.6 is 11.6 Å². The zero-order valence-electron chi connectivity index (χ0n) is 7.71. The molecule has 14 heavy (non-hydrogen) atoms. The smallest absolute Gasteiger partial charge is 0.252 e. The van der Waals surface area contributed by atoms with E-state index in [0.29, 0.717) is 16.8 Å². The SMILES string of the molecule is CC(=O)Cc1cc(N)cc(C(=O)Cl)c1. The molecule has 4 heteroatoms. The Kier molecular flexibility index (Phi) is 3.25. The zero-order valence-corrected chi connectivity index (χ0v) is 8.47. The molecule has 3 nitrogen and oxygen atoms in total. The fourth-order valence-corrected chi connectivity index (χ4v) is 1.33. The van der Waals surface area contributed by atoms with Gasteiger partial charge in [-0.15, -0.1) is 0 Å². The van der Waals surface area contributed by atoms with Crippen LogP contribution in [-0.2, 0) is 11.2 Å². The van der Waals surface area contributed by atoms with E-state index in [1.807, 2.05) is 0 Å². The molecule has 1 rings (SSSR count). The Labute approximate surface area is 86.9 Å². The van der Waals surface area contributed by atoms with Gasteiger partial charge < -0.3 is 5.73 Å². The Hall–Kier alpha value is -1.35. The highest BCUT2D eigenvalue weighted by atomic mass is 35.5. The van der Waals surface area contributed by atoms with Crippen molar-refractivity contribution in [1.29, 1.82) is 0 Å². The van der Waals surface area contributed by atoms with Gasteiger partial charge in [-0.25, -0.2) is 0 Å². The van der Waals surface area contributed by atoms with Crippen LogP contribution in [0.1, 0.15) is 22.8 Å². The third kappa shape index (κ3) is 2.85. The number of benzene rings is 1. The van der Waals surface area contributed by atoms with Gasteiger partial charge in [0, 0.05) is 17.7 Å². The zero-order chi connectivity index (χ0) is 10.7. The van der Waals surface area contributed by atoms with Gasteiger partial charge in [-0.3, -0.25) is 9.59 Å². The highest BCUT2D eigenvalue weighted by Gasteiger charge is 2.06. The number of carbonyl (C=O) groups excluding carboxylic acids is 2. The van der Waals surface area contributed by atoms with E-state index in [1.54, 1.807) is 12.1 Å². The van der Waals surface area contributed by atoms with Crippen LogP contribution in [0.15, 0.2) is 18.2 Å². The summed E-state index contributed by atoms with van der Waals surface area (Å²) in [5, 5.41) is -0.567. The van der Waals surface area contributed by atoms with Gasteiger partial charge in [0.1, 0.15) is 5.78 Å². The standard InChI is InChI=1S/C10H10ClNO2/c1-6(13)2-7-3-8(10(11)14)5-9(12)4-7/h3-5H,2,12H2,1H3. The summed E-state index contributed by atoms with van der Waals surface area (Å²) in [6, 6.07) is 4.72. The number of ketones is 1. The molecule has 74 valence electrons. The van der Waals surface area contributed by atoms with Crippen molar-refractivity contribution in [1.82, 2.24) is 0 Å². The largest absolute Gasteiger partial charge is 0.399 e. The third-order valence-corrected chi connectivity index (χ3v) is 1.91. The number of hydrogen-bond donors (Lipinski definition) is 1. The monoisotopic (exact) mass is 211 g/mol. The Morgan fingerprint density at radius 1 is 1.36 bits per heavy atom. The molecule has 0 heterocycles. The molecule has 0 aromatic heterocycles. The average Bonchev–Trinajstić information content (AvgIpc) is 2.01. The van der Waals surface area contributed by atoms with Crippen LogP contribution in [0.4, 0.5) is 5.69 Å². The maximum absolute atomic E-state index is 10.9. The van der Waals surface area contributed by atoms with Crippen LogP contribution in [0, 0.1) is 0 Å². The lowest BCUT2D eigenvalue weighted by atomic mass is 10.1. The Morgan fingerprint density at radius 2 is 2.00 bits per heavy atom. The molecule has 0 bridgehead atoms. The summed E-state index contributed by atoms with van der Waals surface area (Å²) in [6.45, 7) is 1.48. The first-order chi connectivity index (χ1) is 6.49. The number of nitrogen functional groups attached to an aromatic ring is 1. The summed E-state index contributed by atoms with van der Waals surface area (Å²) in [6.07, 6.45) is 0.266. The van der Waals surface area contributed by atoms with Crippen molar-refractivity contribution < 1.29 is 9.59 Å². The molecule has 0 radical (unpaired) electrons. The molecule has 1 aromatic carbocycles. The maximum Gasteiger partial charge on any atom is 0.252 e. The second kappa shape index (κ2) is 4.24. The normalized spacial score (nSPS) is 9.86. The van der Waals surface area contributed by atoms with Crippen molar-refractivity contribution in [2.24, 2.45) is 0 Å². The van der Waals surface area contributed by atoms with E-state index in [2.05, 4.69) is 0 Å². The molecule has 0 unspecified atom stereocenters. The van der Waals surface area contributed by atoms with E-state index in [1.165, 1.54) is 13.0 Å². The summed E-state index contributed by atoms with van der Waals surface area (Å²) >= 11 is 5.30. The van der Waals surface area contributed by atoms with Gasteiger partial charge in [-0.2, -0.15) is 0 Å².